The highest BCUT2D eigenvalue weighted by Crippen LogP contribution is 2.06. The molecule has 1 amide bonds. The molecule has 0 aliphatic heterocycles. The Morgan fingerprint density at radius 1 is 1.42 bits per heavy atom. The molecule has 7 nitrogen and oxygen atoms in total. The zero-order valence-electron chi connectivity index (χ0n) is 11.4. The summed E-state index contributed by atoms with van der Waals surface area (Å²) in [6.07, 6.45) is 1.61. The number of nitrogens with zero attached hydrogens (tertiary/aromatic N) is 1. The molecule has 3 N–H and O–H groups in total. The average Bonchev–Trinajstić information content (AvgIpc) is 2.26. The number of hydrogen-bond donors (Lipinski definition) is 3. The molecule has 0 spiro atoms. The van der Waals surface area contributed by atoms with E-state index in [0.29, 0.717) is 25.3 Å². The topological polar surface area (TPSA) is 96.1 Å². The van der Waals surface area contributed by atoms with E-state index in [9.17, 15) is 9.59 Å². The molecular weight excluding hydrogens is 248 g/mol. The summed E-state index contributed by atoms with van der Waals surface area (Å²) in [4.78, 5) is 28.7. The van der Waals surface area contributed by atoms with Gasteiger partial charge in [0.2, 0.25) is 0 Å². The molecule has 1 heterocycles. The number of nitrogens with one attached hydrogen (secondary N) is 3. The number of ether oxygens (including phenoxy) is 1. The number of H-pyrrole nitrogens is 1. The summed E-state index contributed by atoms with van der Waals surface area (Å²) >= 11 is 0. The van der Waals surface area contributed by atoms with Crippen LogP contribution < -0.4 is 16.2 Å². The molecular formula is C12H20N4O3. The normalized spacial score (nSPS) is 10.9. The summed E-state index contributed by atoms with van der Waals surface area (Å²) in [5.41, 5.74) is -0.693. The molecule has 7 heteroatoms. The van der Waals surface area contributed by atoms with E-state index >= 15 is 0 Å². The third-order valence-corrected chi connectivity index (χ3v) is 2.01. The fraction of sp³-hybridized carbons (Fsp3) is 0.583. The largest absolute Gasteiger partial charge is 0.444 e. The molecule has 0 atom stereocenters. The Morgan fingerprint density at radius 2 is 2.16 bits per heavy atom. The van der Waals surface area contributed by atoms with Gasteiger partial charge in [-0.1, -0.05) is 0 Å². The van der Waals surface area contributed by atoms with Crippen LogP contribution >= 0.6 is 0 Å². The summed E-state index contributed by atoms with van der Waals surface area (Å²) < 4.78 is 5.09. The number of anilines is 1. The van der Waals surface area contributed by atoms with Crippen molar-refractivity contribution >= 4 is 11.9 Å². The van der Waals surface area contributed by atoms with E-state index in [-0.39, 0.29) is 5.56 Å². The lowest BCUT2D eigenvalue weighted by Gasteiger charge is -2.19. The smallest absolute Gasteiger partial charge is 0.407 e. The number of alkyl carbamates (subject to hydrolysis) is 1. The van der Waals surface area contributed by atoms with Crippen molar-refractivity contribution in [1.29, 1.82) is 0 Å². The van der Waals surface area contributed by atoms with Crippen LogP contribution in [0.2, 0.25) is 0 Å². The second-order valence-electron chi connectivity index (χ2n) is 5.01. The maximum absolute atomic E-state index is 11.3. The highest BCUT2D eigenvalue weighted by atomic mass is 16.6. The summed E-state index contributed by atoms with van der Waals surface area (Å²) in [6.45, 7) is 6.53. The first-order chi connectivity index (χ1) is 8.87. The third-order valence-electron chi connectivity index (χ3n) is 2.01. The van der Waals surface area contributed by atoms with E-state index < -0.39 is 11.7 Å². The number of aromatic nitrogens is 2. The summed E-state index contributed by atoms with van der Waals surface area (Å²) in [5.74, 6) is 0.515. The monoisotopic (exact) mass is 268 g/mol. The summed E-state index contributed by atoms with van der Waals surface area (Å²) in [6, 6.07) is 1.38. The highest BCUT2D eigenvalue weighted by molar-refractivity contribution is 5.67. The molecule has 0 saturated heterocycles. The first-order valence-electron chi connectivity index (χ1n) is 6.12. The van der Waals surface area contributed by atoms with Gasteiger partial charge < -0.3 is 20.4 Å². The van der Waals surface area contributed by atoms with Gasteiger partial charge in [-0.2, -0.15) is 0 Å². The minimum absolute atomic E-state index is 0.204. The van der Waals surface area contributed by atoms with Crippen molar-refractivity contribution in [3.63, 3.8) is 0 Å². The van der Waals surface area contributed by atoms with Gasteiger partial charge in [0.15, 0.2) is 0 Å². The van der Waals surface area contributed by atoms with Crippen molar-refractivity contribution in [2.75, 3.05) is 18.4 Å². The first kappa shape index (κ1) is 15.0. The van der Waals surface area contributed by atoms with Crippen LogP contribution in [0.4, 0.5) is 10.6 Å². The van der Waals surface area contributed by atoms with Crippen LogP contribution in [0.3, 0.4) is 0 Å². The third kappa shape index (κ3) is 7.07. The van der Waals surface area contributed by atoms with E-state index in [1.165, 1.54) is 12.4 Å². The lowest BCUT2D eigenvalue weighted by Crippen LogP contribution is -2.33. The predicted octanol–water partition coefficient (Wildman–Crippen LogP) is 1.10. The number of carbonyl (C=O) groups is 1. The van der Waals surface area contributed by atoms with Gasteiger partial charge in [-0.15, -0.1) is 0 Å². The Kier molecular flexibility index (Phi) is 5.35. The summed E-state index contributed by atoms with van der Waals surface area (Å²) in [7, 11) is 0. The van der Waals surface area contributed by atoms with Crippen molar-refractivity contribution < 1.29 is 9.53 Å². The number of amides is 1. The molecule has 0 radical (unpaired) electrons. The van der Waals surface area contributed by atoms with Gasteiger partial charge in [0.25, 0.3) is 5.56 Å². The van der Waals surface area contributed by atoms with Crippen LogP contribution in [0, 0.1) is 0 Å². The first-order valence-corrected chi connectivity index (χ1v) is 6.12. The van der Waals surface area contributed by atoms with Crippen LogP contribution in [-0.2, 0) is 4.74 Å². The van der Waals surface area contributed by atoms with Gasteiger partial charge in [-0.25, -0.2) is 9.78 Å². The Hall–Kier alpha value is -2.05. The van der Waals surface area contributed by atoms with Gasteiger partial charge in [0, 0.05) is 19.2 Å². The van der Waals surface area contributed by atoms with Crippen molar-refractivity contribution in [3.8, 4) is 0 Å². The molecule has 1 aromatic rings. The predicted molar refractivity (Wildman–Crippen MR) is 72.2 cm³/mol. The lowest BCUT2D eigenvalue weighted by molar-refractivity contribution is 0.0528. The van der Waals surface area contributed by atoms with Crippen LogP contribution in [0.1, 0.15) is 27.2 Å². The van der Waals surface area contributed by atoms with E-state index in [2.05, 4.69) is 20.6 Å². The molecule has 19 heavy (non-hydrogen) atoms. The second kappa shape index (κ2) is 6.77. The zero-order chi connectivity index (χ0) is 14.3. The average molecular weight is 268 g/mol. The minimum Gasteiger partial charge on any atom is -0.444 e. The molecule has 0 bridgehead atoms. The Labute approximate surface area is 111 Å². The van der Waals surface area contributed by atoms with Crippen molar-refractivity contribution in [3.05, 3.63) is 22.7 Å². The van der Waals surface area contributed by atoms with E-state index in [1.807, 2.05) is 20.8 Å². The zero-order valence-corrected chi connectivity index (χ0v) is 11.4. The van der Waals surface area contributed by atoms with Crippen LogP contribution in [0.5, 0.6) is 0 Å². The maximum Gasteiger partial charge on any atom is 0.407 e. The van der Waals surface area contributed by atoms with Crippen molar-refractivity contribution in [2.45, 2.75) is 32.8 Å². The molecule has 1 rings (SSSR count). The minimum atomic E-state index is -0.489. The molecule has 0 unspecified atom stereocenters. The number of rotatable bonds is 5. The standard InChI is InChI=1S/C12H20N4O3/c1-12(2,3)19-11(18)14-6-4-5-13-9-7-10(17)16-8-15-9/h7-8H,4-6H2,1-3H3,(H,14,18)(H2,13,15,16,17). The summed E-state index contributed by atoms with van der Waals surface area (Å²) in [5, 5.41) is 5.63. The van der Waals surface area contributed by atoms with E-state index in [0.717, 1.165) is 0 Å². The molecule has 1 aromatic heterocycles. The second-order valence-corrected chi connectivity index (χ2v) is 5.01. The number of aromatic amines is 1. The van der Waals surface area contributed by atoms with Crippen molar-refractivity contribution in [2.24, 2.45) is 0 Å². The fourth-order valence-electron chi connectivity index (χ4n) is 1.27. The quantitative estimate of drug-likeness (QED) is 0.695. The van der Waals surface area contributed by atoms with E-state index in [1.54, 1.807) is 0 Å². The SMILES string of the molecule is CC(C)(C)OC(=O)NCCCNc1cc(=O)[nH]cn1. The van der Waals surface area contributed by atoms with Gasteiger partial charge in [0.05, 0.1) is 6.33 Å². The highest BCUT2D eigenvalue weighted by Gasteiger charge is 2.15. The molecule has 0 fully saturated rings. The van der Waals surface area contributed by atoms with Gasteiger partial charge in [0.1, 0.15) is 11.4 Å². The van der Waals surface area contributed by atoms with Gasteiger partial charge >= 0.3 is 6.09 Å². The van der Waals surface area contributed by atoms with Crippen LogP contribution in [-0.4, -0.2) is 34.8 Å². The van der Waals surface area contributed by atoms with Crippen molar-refractivity contribution in [1.82, 2.24) is 15.3 Å². The Bertz CT molecular complexity index is 465. The lowest BCUT2D eigenvalue weighted by atomic mass is 10.2. The van der Waals surface area contributed by atoms with Crippen LogP contribution in [0.25, 0.3) is 0 Å². The number of carbonyl (C=O) groups excluding carboxylic acids is 1. The molecule has 0 aromatic carbocycles. The molecule has 106 valence electrons. The van der Waals surface area contributed by atoms with Crippen LogP contribution in [0.15, 0.2) is 17.2 Å². The maximum atomic E-state index is 11.3. The molecule has 0 saturated carbocycles. The molecule has 0 aliphatic rings. The Balaban J connectivity index is 2.15. The number of hydrogen-bond acceptors (Lipinski definition) is 5. The van der Waals surface area contributed by atoms with Gasteiger partial charge in [-0.3, -0.25) is 4.79 Å². The van der Waals surface area contributed by atoms with Gasteiger partial charge in [-0.05, 0) is 27.2 Å². The van der Waals surface area contributed by atoms with E-state index in [4.69, 9.17) is 4.74 Å². The Morgan fingerprint density at radius 3 is 2.79 bits per heavy atom. The fourth-order valence-corrected chi connectivity index (χ4v) is 1.27. The molecule has 0 aliphatic carbocycles.